The monoisotopic (exact) mass is 700 g/mol. The Hall–Kier alpha value is 0.437. The zero-order valence-corrected chi connectivity index (χ0v) is 15.9. The molecule has 0 aliphatic rings. The molecule has 1 aromatic heterocycles. The number of rotatable bonds is 0. The van der Waals surface area contributed by atoms with Gasteiger partial charge in [-0.05, 0) is 12.1 Å². The van der Waals surface area contributed by atoms with Gasteiger partial charge in [0.15, 0.2) is 0 Å². The summed E-state index contributed by atoms with van der Waals surface area (Å²) in [5.74, 6) is 0. The van der Waals surface area contributed by atoms with Crippen LogP contribution >= 0.6 is 28.3 Å². The van der Waals surface area contributed by atoms with Crippen molar-refractivity contribution in [2.45, 2.75) is 0 Å². The van der Waals surface area contributed by atoms with E-state index in [0.29, 0.717) is 0 Å². The van der Waals surface area contributed by atoms with Gasteiger partial charge < -0.3 is 39.9 Å². The summed E-state index contributed by atoms with van der Waals surface area (Å²) >= 11 is 1.14. The van der Waals surface area contributed by atoms with Crippen LogP contribution in [0.2, 0.25) is 0 Å². The molecule has 0 amide bonds. The average Bonchev–Trinajstić information content (AvgIpc) is 2.24. The first-order chi connectivity index (χ1) is 7.15. The van der Waals surface area contributed by atoms with Crippen molar-refractivity contribution in [3.05, 3.63) is 70.5 Å². The van der Waals surface area contributed by atoms with Crippen molar-refractivity contribution in [3.63, 3.8) is 0 Å². The van der Waals surface area contributed by atoms with Crippen LogP contribution in [0.25, 0.3) is 24.6 Å². The molecule has 0 fully saturated rings. The smallest absolute Gasteiger partial charge is 0.0267 e. The summed E-state index contributed by atoms with van der Waals surface area (Å²) in [5.41, 5.74) is 0. The fourth-order valence-electron chi connectivity index (χ4n) is 0.313. The summed E-state index contributed by atoms with van der Waals surface area (Å²) in [6.07, 6.45) is 3.50. The van der Waals surface area contributed by atoms with Gasteiger partial charge in [-0.25, -0.2) is 0 Å². The Morgan fingerprint density at radius 2 is 1.16 bits per heavy atom. The van der Waals surface area contributed by atoms with E-state index < -0.39 is 21.6 Å². The molecule has 0 aliphatic heterocycles. The first kappa shape index (κ1) is 42.7. The van der Waals surface area contributed by atoms with E-state index >= 15 is 0 Å². The maximum absolute atomic E-state index is 8.25. The summed E-state index contributed by atoms with van der Waals surface area (Å²) in [6, 6.07) is 5.72. The Kier molecular flexibility index (Phi) is 116. The fraction of sp³-hybridized carbons (Fsp3) is 0. The van der Waals surface area contributed by atoms with Gasteiger partial charge in [0.1, 0.15) is 0 Å². The predicted octanol–water partition coefficient (Wildman–Crippen LogP) is 5.77. The van der Waals surface area contributed by atoms with Crippen molar-refractivity contribution >= 4 is 28.3 Å². The van der Waals surface area contributed by atoms with Gasteiger partial charge in [-0.1, -0.05) is 6.07 Å². The van der Waals surface area contributed by atoms with E-state index in [1.54, 1.807) is 31.2 Å². The molecule has 1 heterocycles. The van der Waals surface area contributed by atoms with E-state index in [9.17, 15) is 0 Å². The normalized spacial score (nSPS) is 5.32. The second kappa shape index (κ2) is 51.5. The van der Waals surface area contributed by atoms with Crippen LogP contribution in [0.1, 0.15) is 0 Å². The van der Waals surface area contributed by atoms with Gasteiger partial charge in [-0.15, -0.1) is 0 Å². The third-order valence-corrected chi connectivity index (χ3v) is 0.566. The molecule has 19 heavy (non-hydrogen) atoms. The van der Waals surface area contributed by atoms with Gasteiger partial charge >= 0.3 is 63.5 Å². The van der Waals surface area contributed by atoms with Crippen LogP contribution in [0.15, 0.2) is 30.6 Å². The van der Waals surface area contributed by atoms with Crippen molar-refractivity contribution in [1.29, 1.82) is 0 Å². The molecular weight excluding hydrogens is 689 g/mol. The minimum absolute atomic E-state index is 0. The van der Waals surface area contributed by atoms with Crippen molar-refractivity contribution in [2.24, 2.45) is 0 Å². The van der Waals surface area contributed by atoms with E-state index in [1.165, 1.54) is 0 Å². The number of pyridine rings is 1. The van der Waals surface area contributed by atoms with Crippen LogP contribution in [0.5, 0.6) is 0 Å². The molecule has 0 saturated carbocycles. The Morgan fingerprint density at radius 3 is 1.21 bits per heavy atom. The van der Waals surface area contributed by atoms with Crippen molar-refractivity contribution < 1.29 is 40.3 Å². The van der Waals surface area contributed by atoms with E-state index in [1.807, 2.05) is 18.2 Å². The molecule has 125 valence electrons. The molecule has 0 aliphatic carbocycles. The number of nitrogens with zero attached hydrogens (tertiary/aromatic N) is 2. The molecule has 0 atom stereocenters. The van der Waals surface area contributed by atoms with Crippen molar-refractivity contribution in [2.75, 3.05) is 0 Å². The standard InChI is InChI=1S/C5H5N.3ClH.NO3.4H2N.2Pt/c1-2-4-6-5-3-1;;;;2-1(3)4;;;;;;/h1-5H;3*1H;;4*1H2;;/q;;;;5*-1;+1;+4/p-3. The van der Waals surface area contributed by atoms with E-state index in [2.05, 4.69) is 14.4 Å². The fourth-order valence-corrected chi connectivity index (χ4v) is 0.313. The number of halogens is 3. The molecule has 0 bridgehead atoms. The molecule has 0 radical (unpaired) electrons. The van der Waals surface area contributed by atoms with Gasteiger partial charge in [-0.2, -0.15) is 0 Å². The minimum Gasteiger partial charge on any atom is -0.693 e. The molecule has 0 saturated heterocycles. The first-order valence-corrected chi connectivity index (χ1v) is 11.2. The zero-order chi connectivity index (χ0) is 12.5. The molecule has 0 aromatic carbocycles. The maximum Gasteiger partial charge on any atom is 0.0267 e. The van der Waals surface area contributed by atoms with Crippen LogP contribution in [0, 0.1) is 15.3 Å². The largest absolute Gasteiger partial charge is 0.693 e. The van der Waals surface area contributed by atoms with E-state index in [4.69, 9.17) is 34.2 Å². The number of hydrogen-bond acceptors (Lipinski definition) is 4. The second-order valence-corrected chi connectivity index (χ2v) is 4.58. The molecular formula is C5H13Cl3N6O3Pt2-3. The third kappa shape index (κ3) is 120. The summed E-state index contributed by atoms with van der Waals surface area (Å²) < 4.78 is 0. The maximum atomic E-state index is 8.25. The van der Waals surface area contributed by atoms with Crippen LogP contribution in [0.3, 0.4) is 0 Å². The minimum atomic E-state index is -1.75. The Morgan fingerprint density at radius 1 is 0.947 bits per heavy atom. The van der Waals surface area contributed by atoms with Gasteiger partial charge in [0.2, 0.25) is 0 Å². The average molecular weight is 702 g/mol. The Balaban J connectivity index is -0.0000000203. The second-order valence-electron chi connectivity index (χ2n) is 1.29. The summed E-state index contributed by atoms with van der Waals surface area (Å²) in [6.45, 7) is 0. The van der Waals surface area contributed by atoms with Crippen molar-refractivity contribution in [3.8, 4) is 0 Å². The van der Waals surface area contributed by atoms with Crippen molar-refractivity contribution in [1.82, 2.24) is 4.98 Å². The third-order valence-electron chi connectivity index (χ3n) is 0.566. The van der Waals surface area contributed by atoms with Crippen LogP contribution < -0.4 is 0 Å². The van der Waals surface area contributed by atoms with Crippen LogP contribution in [-0.4, -0.2) is 10.1 Å². The summed E-state index contributed by atoms with van der Waals surface area (Å²) in [7, 11) is 14.4. The summed E-state index contributed by atoms with van der Waals surface area (Å²) in [5, 5.41) is 14.8. The van der Waals surface area contributed by atoms with E-state index in [0.717, 1.165) is 0 Å². The van der Waals surface area contributed by atoms with Crippen LogP contribution in [0.4, 0.5) is 0 Å². The number of nitrogens with two attached hydrogens (primary N) is 4. The Labute approximate surface area is 143 Å². The zero-order valence-electron chi connectivity index (χ0n) is 9.08. The van der Waals surface area contributed by atoms with Gasteiger partial charge in [-0.3, -0.25) is 4.98 Å². The van der Waals surface area contributed by atoms with Gasteiger partial charge in [0, 0.05) is 12.4 Å². The first-order valence-electron chi connectivity index (χ1n) is 2.76. The number of aromatic nitrogens is 1. The predicted molar refractivity (Wildman–Crippen MR) is 73.3 cm³/mol. The van der Waals surface area contributed by atoms with Gasteiger partial charge in [0.05, 0.1) is 5.09 Å². The molecule has 8 N–H and O–H groups in total. The van der Waals surface area contributed by atoms with E-state index in [-0.39, 0.29) is 24.6 Å². The number of hydrogen-bond donors (Lipinski definition) is 0. The molecule has 0 spiro atoms. The summed E-state index contributed by atoms with van der Waals surface area (Å²) in [4.78, 5) is 12.0. The molecule has 9 nitrogen and oxygen atoms in total. The SMILES string of the molecule is O=[N+]([O-])[O-].[Cl][Pt+2][Cl].[Cl][Pt].[NH2-].[NH2-].[NH2-].[NH2-].c1ccncc1. The van der Waals surface area contributed by atoms with Crippen LogP contribution in [-0.2, 0) is 35.3 Å². The molecule has 1 rings (SSSR count). The Bertz CT molecular complexity index is 186. The quantitative estimate of drug-likeness (QED) is 0.243. The molecule has 0 unspecified atom stereocenters. The molecule has 1 aromatic rings. The topological polar surface area (TPSA) is 213 Å². The molecule has 14 heteroatoms. The van der Waals surface area contributed by atoms with Gasteiger partial charge in [0.25, 0.3) is 0 Å².